The molecule has 0 spiro atoms. The molecular formula is C11H9F3OS. The molecule has 16 heavy (non-hydrogen) atoms. The Bertz CT molecular complexity index is 501. The topological polar surface area (TPSA) is 20.2 Å². The summed E-state index contributed by atoms with van der Waals surface area (Å²) in [5.41, 5.74) is -0.627. The third kappa shape index (κ3) is 2.20. The lowest BCUT2D eigenvalue weighted by Crippen LogP contribution is -2.03. The number of hydrogen-bond acceptors (Lipinski definition) is 2. The van der Waals surface area contributed by atoms with Gasteiger partial charge in [0.2, 0.25) is 0 Å². The normalized spacial score (nSPS) is 12.2. The van der Waals surface area contributed by atoms with Gasteiger partial charge in [-0.15, -0.1) is 11.3 Å². The van der Waals surface area contributed by atoms with E-state index in [0.717, 1.165) is 22.4 Å². The van der Waals surface area contributed by atoms with Crippen LogP contribution in [0.4, 0.5) is 13.2 Å². The second-order valence-corrected chi connectivity index (χ2v) is 4.61. The number of aliphatic hydroxyl groups excluding tert-OH is 1. The highest BCUT2D eigenvalue weighted by Crippen LogP contribution is 2.34. The second-order valence-electron chi connectivity index (χ2n) is 3.44. The summed E-state index contributed by atoms with van der Waals surface area (Å²) in [6.07, 6.45) is -3.81. The Morgan fingerprint density at radius 2 is 1.94 bits per heavy atom. The van der Waals surface area contributed by atoms with E-state index in [1.54, 1.807) is 0 Å². The Kier molecular flexibility index (Phi) is 2.90. The van der Waals surface area contributed by atoms with Gasteiger partial charge in [-0.25, -0.2) is 0 Å². The number of alkyl halides is 3. The molecular weight excluding hydrogens is 237 g/mol. The van der Waals surface area contributed by atoms with Crippen LogP contribution in [-0.4, -0.2) is 11.7 Å². The average molecular weight is 246 g/mol. The Morgan fingerprint density at radius 3 is 2.56 bits per heavy atom. The zero-order chi connectivity index (χ0) is 11.8. The smallest absolute Gasteiger partial charge is 0.396 e. The molecule has 1 nitrogen and oxygen atoms in total. The minimum Gasteiger partial charge on any atom is -0.396 e. The number of halogens is 3. The van der Waals surface area contributed by atoms with Crippen LogP contribution >= 0.6 is 11.3 Å². The minimum atomic E-state index is -4.30. The maximum absolute atomic E-state index is 12.4. The van der Waals surface area contributed by atoms with Gasteiger partial charge in [-0.05, 0) is 23.6 Å². The number of fused-ring (bicyclic) bond motifs is 1. The lowest BCUT2D eigenvalue weighted by Gasteiger charge is -2.05. The van der Waals surface area contributed by atoms with Gasteiger partial charge in [-0.2, -0.15) is 13.2 Å². The fourth-order valence-corrected chi connectivity index (χ4v) is 2.59. The summed E-state index contributed by atoms with van der Waals surface area (Å²) in [7, 11) is 0. The molecule has 1 aromatic carbocycles. The van der Waals surface area contributed by atoms with Crippen LogP contribution in [0.15, 0.2) is 24.3 Å². The predicted molar refractivity (Wildman–Crippen MR) is 57.6 cm³/mol. The molecule has 2 rings (SSSR count). The van der Waals surface area contributed by atoms with Gasteiger partial charge in [0.25, 0.3) is 0 Å². The number of rotatable bonds is 2. The first-order valence-corrected chi connectivity index (χ1v) is 5.53. The lowest BCUT2D eigenvalue weighted by molar-refractivity contribution is -0.137. The number of hydrogen-bond donors (Lipinski definition) is 1. The van der Waals surface area contributed by atoms with Crippen molar-refractivity contribution < 1.29 is 18.3 Å². The van der Waals surface area contributed by atoms with E-state index in [4.69, 9.17) is 5.11 Å². The Morgan fingerprint density at radius 1 is 1.19 bits per heavy atom. The van der Waals surface area contributed by atoms with Crippen molar-refractivity contribution in [2.75, 3.05) is 6.61 Å². The molecule has 0 amide bonds. The molecule has 1 heterocycles. The lowest BCUT2D eigenvalue weighted by atomic mass is 10.1. The largest absolute Gasteiger partial charge is 0.416 e. The van der Waals surface area contributed by atoms with Crippen LogP contribution in [0.5, 0.6) is 0 Å². The van der Waals surface area contributed by atoms with Gasteiger partial charge >= 0.3 is 6.18 Å². The Balaban J connectivity index is 2.46. The zero-order valence-electron chi connectivity index (χ0n) is 8.21. The summed E-state index contributed by atoms with van der Waals surface area (Å²) in [6.45, 7) is 0.0128. The first-order chi connectivity index (χ1) is 7.50. The molecule has 1 N–H and O–H groups in total. The molecule has 0 fully saturated rings. The Labute approximate surface area is 94.1 Å². The van der Waals surface area contributed by atoms with E-state index in [-0.39, 0.29) is 6.61 Å². The summed E-state index contributed by atoms with van der Waals surface area (Å²) in [5.74, 6) is 0. The van der Waals surface area contributed by atoms with Crippen LogP contribution < -0.4 is 0 Å². The van der Waals surface area contributed by atoms with Gasteiger partial charge in [-0.1, -0.05) is 6.07 Å². The van der Waals surface area contributed by atoms with E-state index in [9.17, 15) is 13.2 Å². The van der Waals surface area contributed by atoms with Crippen LogP contribution in [0.2, 0.25) is 0 Å². The number of thiophene rings is 1. The van der Waals surface area contributed by atoms with Crippen LogP contribution in [0.3, 0.4) is 0 Å². The van der Waals surface area contributed by atoms with Crippen molar-refractivity contribution in [3.63, 3.8) is 0 Å². The van der Waals surface area contributed by atoms with Crippen molar-refractivity contribution in [1.29, 1.82) is 0 Å². The molecule has 0 aliphatic rings. The Hall–Kier alpha value is -1.07. The molecule has 0 unspecified atom stereocenters. The molecule has 0 saturated heterocycles. The van der Waals surface area contributed by atoms with E-state index >= 15 is 0 Å². The van der Waals surface area contributed by atoms with E-state index in [2.05, 4.69) is 0 Å². The van der Waals surface area contributed by atoms with Crippen molar-refractivity contribution in [1.82, 2.24) is 0 Å². The summed E-state index contributed by atoms with van der Waals surface area (Å²) in [5, 5.41) is 9.55. The molecule has 2 aromatic rings. The van der Waals surface area contributed by atoms with E-state index < -0.39 is 11.7 Å². The standard InChI is InChI=1S/C11H9F3OS/c12-11(13,14)8-2-1-7-5-9(3-4-15)16-10(7)6-8/h1-2,5-6,15H,3-4H2. The highest BCUT2D eigenvalue weighted by atomic mass is 32.1. The van der Waals surface area contributed by atoms with Crippen LogP contribution in [-0.2, 0) is 12.6 Å². The quantitative estimate of drug-likeness (QED) is 0.860. The summed E-state index contributed by atoms with van der Waals surface area (Å²) in [6, 6.07) is 5.52. The summed E-state index contributed by atoms with van der Waals surface area (Å²) >= 11 is 1.29. The zero-order valence-corrected chi connectivity index (χ0v) is 9.03. The molecule has 0 aliphatic carbocycles. The molecule has 0 saturated carbocycles. The van der Waals surface area contributed by atoms with Crippen molar-refractivity contribution in [2.45, 2.75) is 12.6 Å². The van der Waals surface area contributed by atoms with Gasteiger partial charge in [0.15, 0.2) is 0 Å². The average Bonchev–Trinajstić information content (AvgIpc) is 2.57. The van der Waals surface area contributed by atoms with Gasteiger partial charge < -0.3 is 5.11 Å². The maximum Gasteiger partial charge on any atom is 0.416 e. The highest BCUT2D eigenvalue weighted by Gasteiger charge is 2.30. The molecule has 0 atom stereocenters. The van der Waals surface area contributed by atoms with Gasteiger partial charge in [0.05, 0.1) is 5.56 Å². The van der Waals surface area contributed by atoms with E-state index in [0.29, 0.717) is 11.1 Å². The fourth-order valence-electron chi connectivity index (χ4n) is 1.50. The third-order valence-corrected chi connectivity index (χ3v) is 3.41. The molecule has 0 radical (unpaired) electrons. The molecule has 86 valence electrons. The van der Waals surface area contributed by atoms with Crippen LogP contribution in [0.25, 0.3) is 10.1 Å². The number of aliphatic hydroxyl groups is 1. The van der Waals surface area contributed by atoms with Crippen LogP contribution in [0.1, 0.15) is 10.4 Å². The van der Waals surface area contributed by atoms with Crippen molar-refractivity contribution in [3.8, 4) is 0 Å². The van der Waals surface area contributed by atoms with Crippen molar-refractivity contribution >= 4 is 21.4 Å². The van der Waals surface area contributed by atoms with Gasteiger partial charge in [-0.3, -0.25) is 0 Å². The van der Waals surface area contributed by atoms with Crippen LogP contribution in [0, 0.1) is 0 Å². The van der Waals surface area contributed by atoms with Crippen molar-refractivity contribution in [2.24, 2.45) is 0 Å². The molecule has 5 heteroatoms. The second kappa shape index (κ2) is 4.07. The summed E-state index contributed by atoms with van der Waals surface area (Å²) < 4.78 is 37.9. The predicted octanol–water partition coefficient (Wildman–Crippen LogP) is 3.45. The first-order valence-electron chi connectivity index (χ1n) is 4.71. The van der Waals surface area contributed by atoms with Gasteiger partial charge in [0.1, 0.15) is 0 Å². The highest BCUT2D eigenvalue weighted by molar-refractivity contribution is 7.19. The van der Waals surface area contributed by atoms with Crippen molar-refractivity contribution in [3.05, 3.63) is 34.7 Å². The molecule has 0 aliphatic heterocycles. The SMILES string of the molecule is OCCc1cc2ccc(C(F)(F)F)cc2s1. The van der Waals surface area contributed by atoms with Gasteiger partial charge in [0, 0.05) is 22.6 Å². The fraction of sp³-hybridized carbons (Fsp3) is 0.273. The summed E-state index contributed by atoms with van der Waals surface area (Å²) in [4.78, 5) is 0.900. The van der Waals surface area contributed by atoms with E-state index in [1.807, 2.05) is 6.07 Å². The minimum absolute atomic E-state index is 0.0128. The third-order valence-electron chi connectivity index (χ3n) is 2.26. The first kappa shape index (κ1) is 11.4. The number of benzene rings is 1. The molecule has 0 bridgehead atoms. The maximum atomic E-state index is 12.4. The van der Waals surface area contributed by atoms with E-state index in [1.165, 1.54) is 17.4 Å². The molecule has 1 aromatic heterocycles. The monoisotopic (exact) mass is 246 g/mol.